The lowest BCUT2D eigenvalue weighted by Crippen LogP contribution is -2.50. The van der Waals surface area contributed by atoms with Crippen molar-refractivity contribution in [2.75, 3.05) is 24.7 Å². The second-order valence-corrected chi connectivity index (χ2v) is 12.3. The van der Waals surface area contributed by atoms with E-state index in [1.165, 1.54) is 32.1 Å². The number of piperidine rings is 1. The van der Waals surface area contributed by atoms with E-state index in [1.54, 1.807) is 0 Å². The average Bonchev–Trinajstić information content (AvgIpc) is 3.57. The number of rotatable bonds is 5. The van der Waals surface area contributed by atoms with Crippen LogP contribution in [0.4, 0.5) is 10.7 Å². The van der Waals surface area contributed by atoms with Gasteiger partial charge in [-0.3, -0.25) is 5.32 Å². The summed E-state index contributed by atoms with van der Waals surface area (Å²) in [6.45, 7) is 5.79. The Morgan fingerprint density at radius 1 is 1.10 bits per heavy atom. The lowest BCUT2D eigenvalue weighted by Gasteiger charge is -2.44. The summed E-state index contributed by atoms with van der Waals surface area (Å²) in [6, 6.07) is 8.14. The first-order chi connectivity index (χ1) is 19.5. The summed E-state index contributed by atoms with van der Waals surface area (Å²) in [5.74, 6) is 3.23. The van der Waals surface area contributed by atoms with Gasteiger partial charge in [0.15, 0.2) is 17.6 Å². The quantitative estimate of drug-likeness (QED) is 0.433. The van der Waals surface area contributed by atoms with E-state index in [-0.39, 0.29) is 0 Å². The molecule has 3 atom stereocenters. The van der Waals surface area contributed by atoms with Crippen LogP contribution in [0.25, 0.3) is 22.4 Å². The number of hydrogen-bond acceptors (Lipinski definition) is 8. The molecule has 0 radical (unpaired) electrons. The maximum Gasteiger partial charge on any atom is 0.427 e. The maximum absolute atomic E-state index is 11.8. The van der Waals surface area contributed by atoms with Crippen LogP contribution < -0.4 is 15.7 Å². The molecule has 1 aromatic carbocycles. The first-order valence-corrected chi connectivity index (χ1v) is 15.0. The zero-order valence-electron chi connectivity index (χ0n) is 22.8. The van der Waals surface area contributed by atoms with Crippen LogP contribution in [0.15, 0.2) is 24.3 Å². The van der Waals surface area contributed by atoms with Crippen molar-refractivity contribution in [3.63, 3.8) is 0 Å². The Kier molecular flexibility index (Phi) is 7.01. The zero-order chi connectivity index (χ0) is 27.2. The number of benzene rings is 1. The molecule has 1 saturated carbocycles. The summed E-state index contributed by atoms with van der Waals surface area (Å²) >= 11 is 6.47. The summed E-state index contributed by atoms with van der Waals surface area (Å²) < 4.78 is 8.27. The van der Waals surface area contributed by atoms with Gasteiger partial charge in [-0.15, -0.1) is 5.48 Å². The fourth-order valence-corrected chi connectivity index (χ4v) is 7.18. The van der Waals surface area contributed by atoms with Gasteiger partial charge in [0.2, 0.25) is 5.95 Å². The van der Waals surface area contributed by atoms with Crippen LogP contribution in [0.5, 0.6) is 0 Å². The van der Waals surface area contributed by atoms with Crippen molar-refractivity contribution in [3.8, 4) is 11.3 Å². The van der Waals surface area contributed by atoms with Gasteiger partial charge in [0.1, 0.15) is 11.2 Å². The number of imidazole rings is 1. The molecule has 11 heteroatoms. The van der Waals surface area contributed by atoms with Gasteiger partial charge in [0.05, 0.1) is 6.61 Å². The lowest BCUT2D eigenvalue weighted by atomic mass is 9.83. The third-order valence-corrected chi connectivity index (χ3v) is 9.36. The SMILES string of the molecule is CC1CCC(Cn2c(N3CCCC4COCCC43)nc3nc(C4NOC(=O)N4)nc(-c4cccc(Cl)c4)c32)CC1. The Morgan fingerprint density at radius 3 is 2.77 bits per heavy atom. The van der Waals surface area contributed by atoms with Gasteiger partial charge in [0, 0.05) is 42.2 Å². The standard InChI is InChI=1S/C29H36ClN7O3/c1-17-7-9-18(10-8-17)15-37-24-23(19-4-2-6-21(30)14-19)31-26(27-34-29(38)40-35-27)32-25(24)33-28(37)36-12-3-5-20-16-39-13-11-22(20)36/h2,4,6,14,17-18,20,22,27,35H,3,5,7-13,15-16H2,1H3,(H,34,38). The average molecular weight is 566 g/mol. The highest BCUT2D eigenvalue weighted by Crippen LogP contribution is 2.39. The van der Waals surface area contributed by atoms with Crippen LogP contribution in [0, 0.1) is 17.8 Å². The molecular formula is C29H36ClN7O3. The molecule has 7 rings (SSSR count). The van der Waals surface area contributed by atoms with E-state index in [0.29, 0.717) is 34.4 Å². The van der Waals surface area contributed by atoms with E-state index in [0.717, 1.165) is 67.8 Å². The molecule has 3 aliphatic heterocycles. The molecule has 5 heterocycles. The Bertz CT molecular complexity index is 1400. The minimum Gasteiger partial charge on any atom is -0.381 e. The van der Waals surface area contributed by atoms with E-state index in [2.05, 4.69) is 27.2 Å². The molecule has 1 amide bonds. The molecule has 2 aromatic heterocycles. The molecule has 4 fully saturated rings. The molecule has 3 unspecified atom stereocenters. The fourth-order valence-electron chi connectivity index (χ4n) is 6.99. The topological polar surface area (TPSA) is 106 Å². The molecule has 3 aromatic rings. The minimum atomic E-state index is -0.668. The number of ether oxygens (including phenoxy) is 1. The molecular weight excluding hydrogens is 530 g/mol. The van der Waals surface area contributed by atoms with Crippen molar-refractivity contribution in [1.29, 1.82) is 0 Å². The first kappa shape index (κ1) is 26.0. The second kappa shape index (κ2) is 10.8. The number of halogens is 1. The van der Waals surface area contributed by atoms with Gasteiger partial charge in [0.25, 0.3) is 0 Å². The normalized spacial score (nSPS) is 28.8. The van der Waals surface area contributed by atoms with E-state index in [4.69, 9.17) is 36.1 Å². The van der Waals surface area contributed by atoms with Gasteiger partial charge in [-0.25, -0.2) is 14.8 Å². The lowest BCUT2D eigenvalue weighted by molar-refractivity contribution is 0.0278. The van der Waals surface area contributed by atoms with Crippen molar-refractivity contribution in [3.05, 3.63) is 35.1 Å². The summed E-state index contributed by atoms with van der Waals surface area (Å²) in [5, 5.41) is 3.37. The Morgan fingerprint density at radius 2 is 1.98 bits per heavy atom. The van der Waals surface area contributed by atoms with Crippen molar-refractivity contribution >= 4 is 34.8 Å². The van der Waals surface area contributed by atoms with E-state index >= 15 is 0 Å². The van der Waals surface area contributed by atoms with E-state index < -0.39 is 12.3 Å². The molecule has 0 spiro atoms. The number of hydroxylamine groups is 1. The maximum atomic E-state index is 11.8. The molecule has 40 heavy (non-hydrogen) atoms. The Labute approximate surface area is 238 Å². The number of nitrogens with one attached hydrogen (secondary N) is 2. The Hall–Kier alpha value is -2.95. The van der Waals surface area contributed by atoms with Gasteiger partial charge < -0.3 is 19.0 Å². The zero-order valence-corrected chi connectivity index (χ0v) is 23.6. The number of hydrogen-bond donors (Lipinski definition) is 2. The summed E-state index contributed by atoms with van der Waals surface area (Å²) in [5.41, 5.74) is 5.88. The van der Waals surface area contributed by atoms with Gasteiger partial charge in [-0.1, -0.05) is 43.5 Å². The van der Waals surface area contributed by atoms with Crippen molar-refractivity contribution < 1.29 is 14.4 Å². The predicted octanol–water partition coefficient (Wildman–Crippen LogP) is 5.22. The highest BCUT2D eigenvalue weighted by Gasteiger charge is 2.38. The summed E-state index contributed by atoms with van der Waals surface area (Å²) in [7, 11) is 0. The van der Waals surface area contributed by atoms with Gasteiger partial charge in [-0.05, 0) is 56.1 Å². The molecule has 212 valence electrons. The van der Waals surface area contributed by atoms with Crippen LogP contribution in [-0.4, -0.2) is 51.4 Å². The minimum absolute atomic E-state index is 0.399. The highest BCUT2D eigenvalue weighted by molar-refractivity contribution is 6.30. The number of anilines is 1. The molecule has 2 N–H and O–H groups in total. The molecule has 1 aliphatic carbocycles. The highest BCUT2D eigenvalue weighted by atomic mass is 35.5. The van der Waals surface area contributed by atoms with Crippen LogP contribution in [0.3, 0.4) is 0 Å². The summed E-state index contributed by atoms with van der Waals surface area (Å²) in [6.07, 6.45) is 7.01. The number of aromatic nitrogens is 4. The number of amides is 1. The molecule has 3 saturated heterocycles. The third kappa shape index (κ3) is 4.90. The van der Waals surface area contributed by atoms with Crippen LogP contribution >= 0.6 is 11.6 Å². The van der Waals surface area contributed by atoms with E-state index in [1.807, 2.05) is 24.3 Å². The van der Waals surface area contributed by atoms with Gasteiger partial charge in [-0.2, -0.15) is 4.98 Å². The molecule has 4 aliphatic rings. The van der Waals surface area contributed by atoms with Crippen LogP contribution in [-0.2, 0) is 16.1 Å². The second-order valence-electron chi connectivity index (χ2n) is 11.9. The monoisotopic (exact) mass is 565 g/mol. The Balaban J connectivity index is 1.41. The van der Waals surface area contributed by atoms with Gasteiger partial charge >= 0.3 is 6.09 Å². The fraction of sp³-hybridized carbons (Fsp3) is 0.586. The third-order valence-electron chi connectivity index (χ3n) is 9.13. The van der Waals surface area contributed by atoms with Crippen LogP contribution in [0.2, 0.25) is 5.02 Å². The van der Waals surface area contributed by atoms with Crippen LogP contribution in [0.1, 0.15) is 63.9 Å². The first-order valence-electron chi connectivity index (χ1n) is 14.6. The molecule has 10 nitrogen and oxygen atoms in total. The van der Waals surface area contributed by atoms with Crippen molar-refractivity contribution in [1.82, 2.24) is 30.3 Å². The molecule has 0 bridgehead atoms. The van der Waals surface area contributed by atoms with Crippen molar-refractivity contribution in [2.24, 2.45) is 17.8 Å². The number of carbonyl (C=O) groups is 1. The van der Waals surface area contributed by atoms with E-state index in [9.17, 15) is 4.79 Å². The summed E-state index contributed by atoms with van der Waals surface area (Å²) in [4.78, 5) is 34.4. The predicted molar refractivity (Wildman–Crippen MR) is 152 cm³/mol. The smallest absolute Gasteiger partial charge is 0.381 e. The largest absolute Gasteiger partial charge is 0.427 e. The number of nitrogens with zero attached hydrogens (tertiary/aromatic N) is 5. The number of carbonyl (C=O) groups excluding carboxylic acids is 1. The number of fused-ring (bicyclic) bond motifs is 2. The van der Waals surface area contributed by atoms with Crippen molar-refractivity contribution in [2.45, 2.75) is 70.6 Å².